The molecule has 0 saturated heterocycles. The van der Waals surface area contributed by atoms with E-state index in [1.54, 1.807) is 0 Å². The molecular weight excluding hydrogens is 206 g/mol. The normalized spacial score (nSPS) is 11.1. The number of phosphoric acid groups is 1. The van der Waals surface area contributed by atoms with E-state index in [0.717, 1.165) is 0 Å². The Kier molecular flexibility index (Phi) is 12.4. The second-order valence-corrected chi connectivity index (χ2v) is 3.68. The van der Waals surface area contributed by atoms with Gasteiger partial charge in [-0.1, -0.05) is 0 Å². The summed E-state index contributed by atoms with van der Waals surface area (Å²) in [4.78, 5) is 10.8. The third kappa shape index (κ3) is 10.7. The maximum Gasteiger partial charge on any atom is 1.00 e. The van der Waals surface area contributed by atoms with Crippen LogP contribution in [-0.2, 0) is 13.6 Å². The van der Waals surface area contributed by atoms with Crippen LogP contribution in [0.2, 0.25) is 0 Å². The van der Waals surface area contributed by atoms with E-state index in [1.807, 2.05) is 0 Å². The van der Waals surface area contributed by atoms with Crippen molar-refractivity contribution < 1.29 is 47.6 Å². The van der Waals surface area contributed by atoms with E-state index in [2.05, 4.69) is 9.05 Å². The molecule has 0 aliphatic rings. The van der Waals surface area contributed by atoms with Gasteiger partial charge in [0.15, 0.2) is 0 Å². The Morgan fingerprint density at radius 1 is 1.07 bits per heavy atom. The fourth-order valence-corrected chi connectivity index (χ4v) is 1.30. The maximum atomic E-state index is 10.8. The molecule has 8 heteroatoms. The molecule has 14 heavy (non-hydrogen) atoms. The average molecular weight is 220 g/mol. The molecule has 0 unspecified atom stereocenters. The number of phosphoric ester groups is 1. The van der Waals surface area contributed by atoms with Crippen LogP contribution < -0.4 is 23.8 Å². The first-order chi connectivity index (χ1) is 6.12. The van der Waals surface area contributed by atoms with Crippen molar-refractivity contribution in [1.82, 2.24) is 0 Å². The smallest absolute Gasteiger partial charge is 0.756 e. The summed E-state index contributed by atoms with van der Waals surface area (Å²) in [6.45, 7) is -0.430. The van der Waals surface area contributed by atoms with Crippen LogP contribution in [0.15, 0.2) is 0 Å². The van der Waals surface area contributed by atoms with E-state index in [1.165, 1.54) is 0 Å². The van der Waals surface area contributed by atoms with Gasteiger partial charge in [-0.25, -0.2) is 0 Å². The fraction of sp³-hybridized carbons (Fsp3) is 1.00. The van der Waals surface area contributed by atoms with E-state index >= 15 is 0 Å². The van der Waals surface area contributed by atoms with Gasteiger partial charge in [-0.3, -0.25) is 4.57 Å². The van der Waals surface area contributed by atoms with E-state index in [4.69, 9.17) is 10.2 Å². The summed E-state index contributed by atoms with van der Waals surface area (Å²) >= 11 is 0. The summed E-state index contributed by atoms with van der Waals surface area (Å²) in [7, 11) is -4.22. The second kappa shape index (κ2) is 10.2. The van der Waals surface area contributed by atoms with Crippen LogP contribution in [0.1, 0.15) is 12.8 Å². The first-order valence-corrected chi connectivity index (χ1v) is 5.40. The minimum atomic E-state index is -4.22. The molecule has 0 radical (unpaired) electrons. The van der Waals surface area contributed by atoms with Crippen molar-refractivity contribution in [2.24, 2.45) is 0 Å². The zero-order valence-electron chi connectivity index (χ0n) is 8.22. The second-order valence-electron chi connectivity index (χ2n) is 2.27. The quantitative estimate of drug-likeness (QED) is 0.248. The maximum absolute atomic E-state index is 10.8. The van der Waals surface area contributed by atoms with Crippen molar-refractivity contribution >= 4 is 7.82 Å². The summed E-state index contributed by atoms with van der Waals surface area (Å²) in [5, 5.41) is 16.7. The summed E-state index contributed by atoms with van der Waals surface area (Å²) in [5.41, 5.74) is 0. The molecule has 0 bridgehead atoms. The minimum absolute atomic E-state index is 0. The molecule has 0 aromatic heterocycles. The Labute approximate surface area is 95.0 Å². The molecule has 0 aliphatic heterocycles. The van der Waals surface area contributed by atoms with E-state index in [9.17, 15) is 9.46 Å². The molecule has 0 aromatic rings. The fourth-order valence-electron chi connectivity index (χ4n) is 0.519. The van der Waals surface area contributed by atoms with Gasteiger partial charge in [0, 0.05) is 13.2 Å². The number of aliphatic hydroxyl groups is 2. The summed E-state index contributed by atoms with van der Waals surface area (Å²) < 4.78 is 19.5. The Morgan fingerprint density at radius 3 is 1.71 bits per heavy atom. The SMILES string of the molecule is O=P([O-])(OCCCO)OCCCO.[Li+]. The molecule has 0 spiro atoms. The van der Waals surface area contributed by atoms with Crippen molar-refractivity contribution in [2.75, 3.05) is 26.4 Å². The molecule has 80 valence electrons. The van der Waals surface area contributed by atoms with Gasteiger partial charge in [0.25, 0.3) is 7.82 Å². The number of hydrogen-bond acceptors (Lipinski definition) is 6. The molecule has 0 aromatic carbocycles. The molecule has 0 rings (SSSR count). The molecule has 0 atom stereocenters. The molecule has 0 aliphatic carbocycles. The Balaban J connectivity index is 0. The van der Waals surface area contributed by atoms with Crippen LogP contribution in [0.4, 0.5) is 0 Å². The Bertz CT molecular complexity index is 152. The largest absolute Gasteiger partial charge is 1.00 e. The first-order valence-electron chi connectivity index (χ1n) is 3.94. The molecular formula is C6H14LiO6P. The number of hydrogen-bond donors (Lipinski definition) is 2. The summed E-state index contributed by atoms with van der Waals surface area (Å²) in [6, 6.07) is 0. The van der Waals surface area contributed by atoms with Crippen molar-refractivity contribution in [3.8, 4) is 0 Å². The van der Waals surface area contributed by atoms with Crippen LogP contribution in [0.25, 0.3) is 0 Å². The van der Waals surface area contributed by atoms with Gasteiger partial charge in [-0.2, -0.15) is 0 Å². The zero-order chi connectivity index (χ0) is 10.2. The van der Waals surface area contributed by atoms with E-state index < -0.39 is 7.82 Å². The number of aliphatic hydroxyl groups excluding tert-OH is 2. The monoisotopic (exact) mass is 220 g/mol. The van der Waals surface area contributed by atoms with Crippen LogP contribution >= 0.6 is 7.82 Å². The predicted octanol–water partition coefficient (Wildman–Crippen LogP) is -3.74. The Morgan fingerprint density at radius 2 is 1.43 bits per heavy atom. The van der Waals surface area contributed by atoms with Gasteiger partial charge in [-0.05, 0) is 12.8 Å². The van der Waals surface area contributed by atoms with Gasteiger partial charge in [0.1, 0.15) is 0 Å². The van der Waals surface area contributed by atoms with Crippen molar-refractivity contribution in [2.45, 2.75) is 12.8 Å². The van der Waals surface area contributed by atoms with Crippen molar-refractivity contribution in [1.29, 1.82) is 0 Å². The zero-order valence-corrected chi connectivity index (χ0v) is 9.11. The van der Waals surface area contributed by atoms with Crippen molar-refractivity contribution in [3.63, 3.8) is 0 Å². The topological polar surface area (TPSA) is 99.1 Å². The summed E-state index contributed by atoms with van der Waals surface area (Å²) in [6.07, 6.45) is 0.491. The summed E-state index contributed by atoms with van der Waals surface area (Å²) in [5.74, 6) is 0. The molecule has 0 amide bonds. The molecule has 0 fully saturated rings. The van der Waals surface area contributed by atoms with E-state index in [0.29, 0.717) is 0 Å². The van der Waals surface area contributed by atoms with E-state index in [-0.39, 0.29) is 58.1 Å². The van der Waals surface area contributed by atoms with Gasteiger partial charge < -0.3 is 24.2 Å². The molecule has 0 heterocycles. The number of rotatable bonds is 8. The first kappa shape index (κ1) is 17.0. The predicted molar refractivity (Wildman–Crippen MR) is 42.9 cm³/mol. The van der Waals surface area contributed by atoms with Crippen molar-refractivity contribution in [3.05, 3.63) is 0 Å². The van der Waals surface area contributed by atoms with Gasteiger partial charge in [0.05, 0.1) is 13.2 Å². The standard InChI is InChI=1S/C6H15O6P.Li/c7-3-1-5-11-13(9,10)12-6-2-4-8;/h7-8H,1-6H2,(H,9,10);/q;+1/p-1. The minimum Gasteiger partial charge on any atom is -0.756 e. The third-order valence-electron chi connectivity index (χ3n) is 1.10. The molecule has 0 saturated carbocycles. The van der Waals surface area contributed by atoms with Crippen LogP contribution in [0.5, 0.6) is 0 Å². The Hall–Kier alpha value is 0.627. The van der Waals surface area contributed by atoms with Gasteiger partial charge >= 0.3 is 18.9 Å². The van der Waals surface area contributed by atoms with Crippen LogP contribution in [-0.4, -0.2) is 36.6 Å². The third-order valence-corrected chi connectivity index (χ3v) is 2.10. The molecule has 2 N–H and O–H groups in total. The van der Waals surface area contributed by atoms with Crippen LogP contribution in [0, 0.1) is 0 Å². The molecule has 6 nitrogen and oxygen atoms in total. The van der Waals surface area contributed by atoms with Gasteiger partial charge in [0.2, 0.25) is 0 Å². The van der Waals surface area contributed by atoms with Gasteiger partial charge in [-0.15, -0.1) is 0 Å². The van der Waals surface area contributed by atoms with Crippen LogP contribution in [0.3, 0.4) is 0 Å². The average Bonchev–Trinajstić information content (AvgIpc) is 2.05.